The fourth-order valence-electron chi connectivity index (χ4n) is 4.34. The van der Waals surface area contributed by atoms with Crippen LogP contribution in [-0.2, 0) is 27.3 Å². The molecule has 0 spiro atoms. The summed E-state index contributed by atoms with van der Waals surface area (Å²) in [6.45, 7) is 4.44. The molecule has 2 fully saturated rings. The summed E-state index contributed by atoms with van der Waals surface area (Å²) in [5.74, 6) is -0.326. The molecule has 7 heteroatoms. The fourth-order valence-corrected chi connectivity index (χ4v) is 4.80. The van der Waals surface area contributed by atoms with Gasteiger partial charge in [0.15, 0.2) is 0 Å². The van der Waals surface area contributed by atoms with E-state index < -0.39 is 5.97 Å². The van der Waals surface area contributed by atoms with Crippen molar-refractivity contribution in [2.45, 2.75) is 56.2 Å². The molecule has 2 aliphatic heterocycles. The van der Waals surface area contributed by atoms with Gasteiger partial charge in [0.25, 0.3) is 5.97 Å². The Balaban J connectivity index is 0.000000516. The summed E-state index contributed by atoms with van der Waals surface area (Å²) in [6.07, 6.45) is 6.31. The molecule has 1 saturated carbocycles. The minimum Gasteiger partial charge on any atom is -0.481 e. The number of amides is 1. The monoisotopic (exact) mass is 406 g/mol. The second kappa shape index (κ2) is 9.76. The molecule has 2 heterocycles. The quantitative estimate of drug-likeness (QED) is 0.735. The van der Waals surface area contributed by atoms with Gasteiger partial charge < -0.3 is 20.1 Å². The van der Waals surface area contributed by atoms with Crippen LogP contribution < -0.4 is 5.32 Å². The average Bonchev–Trinajstić information content (AvgIpc) is 2.71. The number of hydrogen-bond donors (Lipinski definition) is 2. The summed E-state index contributed by atoms with van der Waals surface area (Å²) < 4.78 is 5.83. The SMILES string of the molecule is CC(=O)O.CSc1ccc2c(c1)CCN(C(=O)[C@H]1CC[C@H]3OCCN[C@@H]3C1)C2. The van der Waals surface area contributed by atoms with E-state index in [1.165, 1.54) is 16.0 Å². The highest BCUT2D eigenvalue weighted by atomic mass is 32.2. The van der Waals surface area contributed by atoms with Gasteiger partial charge in [0, 0.05) is 43.4 Å². The second-order valence-electron chi connectivity index (χ2n) is 7.64. The normalized spacial score (nSPS) is 26.4. The molecule has 2 N–H and O–H groups in total. The first-order chi connectivity index (χ1) is 13.5. The zero-order valence-electron chi connectivity index (χ0n) is 16.6. The number of carbonyl (C=O) groups excluding carboxylic acids is 1. The van der Waals surface area contributed by atoms with Gasteiger partial charge in [-0.3, -0.25) is 9.59 Å². The summed E-state index contributed by atoms with van der Waals surface area (Å²) in [5, 5.41) is 11.0. The minimum atomic E-state index is -0.833. The maximum Gasteiger partial charge on any atom is 0.300 e. The van der Waals surface area contributed by atoms with E-state index in [2.05, 4.69) is 34.7 Å². The first-order valence-electron chi connectivity index (χ1n) is 9.97. The molecule has 0 unspecified atom stereocenters. The van der Waals surface area contributed by atoms with Crippen molar-refractivity contribution in [1.29, 1.82) is 0 Å². The maximum absolute atomic E-state index is 13.0. The van der Waals surface area contributed by atoms with E-state index in [0.29, 0.717) is 18.1 Å². The predicted octanol–water partition coefficient (Wildman–Crippen LogP) is 2.54. The third kappa shape index (κ3) is 5.27. The van der Waals surface area contributed by atoms with Crippen LogP contribution in [0.1, 0.15) is 37.3 Å². The van der Waals surface area contributed by atoms with Gasteiger partial charge in [-0.1, -0.05) is 6.07 Å². The van der Waals surface area contributed by atoms with Gasteiger partial charge in [-0.25, -0.2) is 0 Å². The lowest BCUT2D eigenvalue weighted by molar-refractivity contribution is -0.140. The number of thioether (sulfide) groups is 1. The molecule has 4 rings (SSSR count). The number of carboxylic acid groups (broad SMARTS) is 1. The van der Waals surface area contributed by atoms with Gasteiger partial charge in [-0.05, 0) is 55.2 Å². The van der Waals surface area contributed by atoms with Gasteiger partial charge in [-0.15, -0.1) is 11.8 Å². The van der Waals surface area contributed by atoms with E-state index in [1.54, 1.807) is 11.8 Å². The molecule has 0 aromatic heterocycles. The van der Waals surface area contributed by atoms with Crippen molar-refractivity contribution >= 4 is 23.6 Å². The van der Waals surface area contributed by atoms with Crippen LogP contribution >= 0.6 is 11.8 Å². The molecule has 6 nitrogen and oxygen atoms in total. The molecule has 1 amide bonds. The van der Waals surface area contributed by atoms with Crippen LogP contribution in [-0.4, -0.2) is 60.0 Å². The van der Waals surface area contributed by atoms with Crippen LogP contribution in [0.4, 0.5) is 0 Å². The lowest BCUT2D eigenvalue weighted by Gasteiger charge is -2.41. The number of fused-ring (bicyclic) bond motifs is 2. The van der Waals surface area contributed by atoms with E-state index in [9.17, 15) is 4.79 Å². The van der Waals surface area contributed by atoms with Gasteiger partial charge in [0.05, 0.1) is 12.7 Å². The molecule has 1 saturated heterocycles. The molecule has 154 valence electrons. The molecule has 1 aromatic carbocycles. The van der Waals surface area contributed by atoms with E-state index in [1.807, 2.05) is 0 Å². The molecule has 1 aromatic rings. The number of carbonyl (C=O) groups is 2. The second-order valence-corrected chi connectivity index (χ2v) is 8.52. The highest BCUT2D eigenvalue weighted by Gasteiger charge is 2.37. The predicted molar refractivity (Wildman–Crippen MR) is 110 cm³/mol. The first kappa shape index (κ1) is 21.1. The fraction of sp³-hybridized carbons (Fsp3) is 0.619. The molecule has 3 atom stereocenters. The van der Waals surface area contributed by atoms with Crippen molar-refractivity contribution in [2.75, 3.05) is 26.0 Å². The molecule has 1 aliphatic carbocycles. The number of ether oxygens (including phenoxy) is 1. The highest BCUT2D eigenvalue weighted by molar-refractivity contribution is 7.98. The summed E-state index contributed by atoms with van der Waals surface area (Å²) in [7, 11) is 0. The molecular formula is C21H30N2O4S. The van der Waals surface area contributed by atoms with Crippen molar-refractivity contribution in [3.8, 4) is 0 Å². The molecule has 0 bridgehead atoms. The molecular weight excluding hydrogens is 376 g/mol. The van der Waals surface area contributed by atoms with Crippen molar-refractivity contribution in [2.24, 2.45) is 5.92 Å². The lowest BCUT2D eigenvalue weighted by Crippen LogP contribution is -2.53. The standard InChI is InChI=1S/C19H26N2O2S.C2H4O2/c1-24-16-4-2-15-12-21(8-6-13(15)10-16)19(22)14-3-5-18-17(11-14)20-7-9-23-18;1-2(3)4/h2,4,10,14,17-18,20H,3,5-9,11-12H2,1H3;1H3,(H,3,4)/t14-,17+,18+;/m0./s1. The Hall–Kier alpha value is -1.57. The van der Waals surface area contributed by atoms with E-state index in [4.69, 9.17) is 14.6 Å². The van der Waals surface area contributed by atoms with Gasteiger partial charge in [-0.2, -0.15) is 0 Å². The zero-order valence-corrected chi connectivity index (χ0v) is 17.5. The van der Waals surface area contributed by atoms with E-state index >= 15 is 0 Å². The third-order valence-corrected chi connectivity index (χ3v) is 6.44. The Morgan fingerprint density at radius 1 is 1.29 bits per heavy atom. The Morgan fingerprint density at radius 2 is 2.07 bits per heavy atom. The molecule has 28 heavy (non-hydrogen) atoms. The summed E-state index contributed by atoms with van der Waals surface area (Å²) in [5.41, 5.74) is 2.73. The zero-order chi connectivity index (χ0) is 20.1. The number of aliphatic carboxylic acids is 1. The Morgan fingerprint density at radius 3 is 2.82 bits per heavy atom. The Labute approximate surface area is 171 Å². The Bertz CT molecular complexity index is 708. The largest absolute Gasteiger partial charge is 0.481 e. The summed E-state index contributed by atoms with van der Waals surface area (Å²) in [6, 6.07) is 7.03. The van der Waals surface area contributed by atoms with Crippen LogP contribution in [0.5, 0.6) is 0 Å². The average molecular weight is 407 g/mol. The van der Waals surface area contributed by atoms with Crippen LogP contribution in [0.25, 0.3) is 0 Å². The van der Waals surface area contributed by atoms with Gasteiger partial charge >= 0.3 is 0 Å². The van der Waals surface area contributed by atoms with E-state index in [0.717, 1.165) is 58.8 Å². The number of rotatable bonds is 2. The van der Waals surface area contributed by atoms with Gasteiger partial charge in [0.2, 0.25) is 5.91 Å². The lowest BCUT2D eigenvalue weighted by atomic mass is 9.82. The third-order valence-electron chi connectivity index (χ3n) is 5.71. The van der Waals surface area contributed by atoms with E-state index in [-0.39, 0.29) is 5.92 Å². The van der Waals surface area contributed by atoms with Crippen LogP contribution in [0.2, 0.25) is 0 Å². The molecule has 3 aliphatic rings. The number of nitrogens with zero attached hydrogens (tertiary/aromatic N) is 1. The number of hydrogen-bond acceptors (Lipinski definition) is 5. The van der Waals surface area contributed by atoms with Crippen molar-refractivity contribution in [3.05, 3.63) is 29.3 Å². The number of morpholine rings is 1. The smallest absolute Gasteiger partial charge is 0.300 e. The van der Waals surface area contributed by atoms with Crippen LogP contribution in [0, 0.1) is 5.92 Å². The topological polar surface area (TPSA) is 78.9 Å². The number of carboxylic acids is 1. The summed E-state index contributed by atoms with van der Waals surface area (Å²) >= 11 is 1.78. The molecule has 0 radical (unpaired) electrons. The van der Waals surface area contributed by atoms with Crippen molar-refractivity contribution in [3.63, 3.8) is 0 Å². The van der Waals surface area contributed by atoms with Crippen LogP contribution in [0.15, 0.2) is 23.1 Å². The highest BCUT2D eigenvalue weighted by Crippen LogP contribution is 2.31. The summed E-state index contributed by atoms with van der Waals surface area (Å²) in [4.78, 5) is 25.4. The Kier molecular flexibility index (Phi) is 7.37. The minimum absolute atomic E-state index is 0.160. The van der Waals surface area contributed by atoms with Gasteiger partial charge in [0.1, 0.15) is 0 Å². The first-order valence-corrected chi connectivity index (χ1v) is 11.2. The number of benzene rings is 1. The maximum atomic E-state index is 13.0. The number of nitrogens with one attached hydrogen (secondary N) is 1. The van der Waals surface area contributed by atoms with Crippen molar-refractivity contribution < 1.29 is 19.4 Å². The van der Waals surface area contributed by atoms with Crippen LogP contribution in [0.3, 0.4) is 0 Å². The van der Waals surface area contributed by atoms with Crippen molar-refractivity contribution in [1.82, 2.24) is 10.2 Å².